The second-order valence-electron chi connectivity index (χ2n) is 13.6. The average Bonchev–Trinajstić information content (AvgIpc) is 3.10. The number of aliphatic hydroxyl groups is 7. The third-order valence-corrected chi connectivity index (χ3v) is 9.23. The lowest BCUT2D eigenvalue weighted by Gasteiger charge is -2.40. The minimum Gasteiger partial charge on any atom is -0.394 e. The summed E-state index contributed by atoms with van der Waals surface area (Å²) in [6.45, 7) is 3.32. The molecule has 288 valence electrons. The van der Waals surface area contributed by atoms with E-state index in [1.165, 1.54) is 57.8 Å². The highest BCUT2D eigenvalue weighted by Crippen LogP contribution is 2.23. The van der Waals surface area contributed by atoms with Gasteiger partial charge in [0.2, 0.25) is 5.91 Å². The maximum Gasteiger partial charge on any atom is 0.249 e. The molecule has 49 heavy (non-hydrogen) atoms. The molecular weight excluding hydrogens is 630 g/mol. The van der Waals surface area contributed by atoms with Crippen LogP contribution in [-0.2, 0) is 14.3 Å². The van der Waals surface area contributed by atoms with Crippen LogP contribution in [0.1, 0.15) is 142 Å². The number of nitrogens with one attached hydrogen (secondary N) is 1. The molecule has 11 heteroatoms. The normalized spacial score (nSPS) is 24.0. The van der Waals surface area contributed by atoms with E-state index < -0.39 is 74.2 Å². The zero-order valence-corrected chi connectivity index (χ0v) is 30.4. The predicted octanol–water partition coefficient (Wildman–Crippen LogP) is 4.32. The van der Waals surface area contributed by atoms with Gasteiger partial charge in [-0.25, -0.2) is 0 Å². The first-order chi connectivity index (χ1) is 23.7. The molecule has 1 aliphatic rings. The number of hydrogen-bond acceptors (Lipinski definition) is 10. The molecular formula is C38H71NO10. The van der Waals surface area contributed by atoms with Crippen LogP contribution in [0.5, 0.6) is 0 Å². The lowest BCUT2D eigenvalue weighted by Crippen LogP contribution is -2.60. The van der Waals surface area contributed by atoms with Gasteiger partial charge in [-0.15, -0.1) is 0 Å². The van der Waals surface area contributed by atoms with Crippen LogP contribution in [0.2, 0.25) is 0 Å². The van der Waals surface area contributed by atoms with Crippen molar-refractivity contribution < 1.29 is 50.0 Å². The number of amides is 1. The van der Waals surface area contributed by atoms with E-state index >= 15 is 0 Å². The molecule has 9 atom stereocenters. The number of rotatable bonds is 30. The maximum atomic E-state index is 12.9. The summed E-state index contributed by atoms with van der Waals surface area (Å²) >= 11 is 0. The van der Waals surface area contributed by atoms with Crippen LogP contribution in [0.4, 0.5) is 0 Å². The average molecular weight is 702 g/mol. The number of unbranched alkanes of at least 4 members (excludes halogenated alkanes) is 14. The molecule has 0 aromatic rings. The van der Waals surface area contributed by atoms with Crippen LogP contribution in [0.25, 0.3) is 0 Å². The van der Waals surface area contributed by atoms with Crippen LogP contribution in [0.3, 0.4) is 0 Å². The van der Waals surface area contributed by atoms with Crippen molar-refractivity contribution in [2.75, 3.05) is 13.2 Å². The minimum absolute atomic E-state index is 0.247. The van der Waals surface area contributed by atoms with Crippen LogP contribution in [0, 0.1) is 0 Å². The van der Waals surface area contributed by atoms with Crippen LogP contribution in [-0.4, -0.2) is 110 Å². The van der Waals surface area contributed by atoms with E-state index in [4.69, 9.17) is 9.47 Å². The van der Waals surface area contributed by atoms with Crippen molar-refractivity contribution in [1.29, 1.82) is 0 Å². The second-order valence-corrected chi connectivity index (χ2v) is 13.6. The Bertz CT molecular complexity index is 856. The maximum absolute atomic E-state index is 12.9. The molecule has 1 aliphatic heterocycles. The third-order valence-electron chi connectivity index (χ3n) is 9.23. The fraction of sp³-hybridized carbons (Fsp3) is 0.868. The molecule has 9 unspecified atom stereocenters. The topological polar surface area (TPSA) is 189 Å². The van der Waals surface area contributed by atoms with Crippen LogP contribution < -0.4 is 5.32 Å². The molecule has 1 amide bonds. The van der Waals surface area contributed by atoms with E-state index in [1.807, 2.05) is 0 Å². The first-order valence-corrected chi connectivity index (χ1v) is 19.2. The summed E-state index contributed by atoms with van der Waals surface area (Å²) in [5.41, 5.74) is 0. The van der Waals surface area contributed by atoms with E-state index in [9.17, 15) is 40.5 Å². The Kier molecular flexibility index (Phi) is 27.2. The molecule has 0 saturated carbocycles. The lowest BCUT2D eigenvalue weighted by atomic mass is 9.98. The standard InChI is InChI=1S/C38H71NO10/c1-3-5-7-9-11-13-14-15-16-17-18-20-21-23-25-30(41)33(43)29(28-48-38-36(46)35(45)34(44)32(27-40)49-38)39-37(47)31(42)26-24-22-19-12-10-8-6-4-2/h14-15,18,20,29-36,38,40-46H,3-13,16-17,19,21-28H2,1-2H3,(H,39,47)/b15-14+,20-18+. The molecule has 1 rings (SSSR count). The molecule has 0 spiro atoms. The molecule has 1 fully saturated rings. The SMILES string of the molecule is CCCCCCC/C=C/CC/C=C/CCCC(O)C(O)C(COC1OC(CO)C(O)C(O)C1O)NC(=O)C(O)CCCCCCCCCC. The highest BCUT2D eigenvalue weighted by Gasteiger charge is 2.44. The van der Waals surface area contributed by atoms with Crippen LogP contribution in [0.15, 0.2) is 24.3 Å². The molecule has 0 bridgehead atoms. The van der Waals surface area contributed by atoms with Crippen molar-refractivity contribution in [1.82, 2.24) is 5.32 Å². The fourth-order valence-corrected chi connectivity index (χ4v) is 5.92. The van der Waals surface area contributed by atoms with E-state index in [-0.39, 0.29) is 12.8 Å². The Hall–Kier alpha value is -1.41. The van der Waals surface area contributed by atoms with Crippen LogP contribution >= 0.6 is 0 Å². The van der Waals surface area contributed by atoms with Crippen molar-refractivity contribution in [3.05, 3.63) is 24.3 Å². The lowest BCUT2D eigenvalue weighted by molar-refractivity contribution is -0.303. The molecule has 1 heterocycles. The number of carbonyl (C=O) groups is 1. The molecule has 8 N–H and O–H groups in total. The Labute approximate surface area is 295 Å². The first-order valence-electron chi connectivity index (χ1n) is 19.2. The summed E-state index contributed by atoms with van der Waals surface area (Å²) in [4.78, 5) is 12.9. The van der Waals surface area contributed by atoms with Gasteiger partial charge >= 0.3 is 0 Å². The Morgan fingerprint density at radius 3 is 1.82 bits per heavy atom. The number of allylic oxidation sites excluding steroid dienone is 4. The summed E-state index contributed by atoms with van der Waals surface area (Å²) in [7, 11) is 0. The Morgan fingerprint density at radius 2 is 1.22 bits per heavy atom. The monoisotopic (exact) mass is 702 g/mol. The summed E-state index contributed by atoms with van der Waals surface area (Å²) in [5, 5.41) is 75.0. The van der Waals surface area contributed by atoms with E-state index in [0.29, 0.717) is 19.3 Å². The van der Waals surface area contributed by atoms with Gasteiger partial charge in [0.15, 0.2) is 6.29 Å². The largest absolute Gasteiger partial charge is 0.394 e. The first kappa shape index (κ1) is 45.6. The number of carbonyl (C=O) groups excluding carboxylic acids is 1. The van der Waals surface area contributed by atoms with Gasteiger partial charge in [0.25, 0.3) is 0 Å². The molecule has 0 radical (unpaired) electrons. The van der Waals surface area contributed by atoms with Gasteiger partial charge in [0.05, 0.1) is 25.4 Å². The van der Waals surface area contributed by atoms with Gasteiger partial charge in [0.1, 0.15) is 36.6 Å². The third kappa shape index (κ3) is 20.3. The molecule has 1 saturated heterocycles. The summed E-state index contributed by atoms with van der Waals surface area (Å²) in [6, 6.07) is -1.18. The highest BCUT2D eigenvalue weighted by atomic mass is 16.7. The summed E-state index contributed by atoms with van der Waals surface area (Å²) in [6.07, 6.45) is 16.9. The molecule has 0 aliphatic carbocycles. The summed E-state index contributed by atoms with van der Waals surface area (Å²) in [5.74, 6) is -0.718. The highest BCUT2D eigenvalue weighted by molar-refractivity contribution is 5.80. The van der Waals surface area contributed by atoms with Gasteiger partial charge in [-0.05, 0) is 51.4 Å². The van der Waals surface area contributed by atoms with E-state index in [1.54, 1.807) is 0 Å². The van der Waals surface area contributed by atoms with Gasteiger partial charge in [-0.2, -0.15) is 0 Å². The number of hydrogen-bond donors (Lipinski definition) is 8. The Balaban J connectivity index is 2.61. The van der Waals surface area contributed by atoms with Crippen molar-refractivity contribution in [3.63, 3.8) is 0 Å². The minimum atomic E-state index is -1.67. The molecule has 0 aromatic carbocycles. The number of ether oxygens (including phenoxy) is 2. The van der Waals surface area contributed by atoms with E-state index in [2.05, 4.69) is 43.5 Å². The van der Waals surface area contributed by atoms with Crippen molar-refractivity contribution in [3.8, 4) is 0 Å². The zero-order chi connectivity index (χ0) is 36.3. The van der Waals surface area contributed by atoms with Crippen molar-refractivity contribution in [2.24, 2.45) is 0 Å². The van der Waals surface area contributed by atoms with Gasteiger partial charge in [-0.1, -0.05) is 115 Å². The second kappa shape index (κ2) is 29.2. The Morgan fingerprint density at radius 1 is 0.694 bits per heavy atom. The molecule has 0 aromatic heterocycles. The van der Waals surface area contributed by atoms with Crippen molar-refractivity contribution >= 4 is 5.91 Å². The van der Waals surface area contributed by atoms with Crippen molar-refractivity contribution in [2.45, 2.75) is 197 Å². The zero-order valence-electron chi connectivity index (χ0n) is 30.4. The predicted molar refractivity (Wildman–Crippen MR) is 192 cm³/mol. The number of aliphatic hydroxyl groups excluding tert-OH is 7. The smallest absolute Gasteiger partial charge is 0.249 e. The quantitative estimate of drug-likeness (QED) is 0.0396. The molecule has 11 nitrogen and oxygen atoms in total. The van der Waals surface area contributed by atoms with Gasteiger partial charge < -0.3 is 50.5 Å². The van der Waals surface area contributed by atoms with Gasteiger partial charge in [-0.3, -0.25) is 4.79 Å². The summed E-state index contributed by atoms with van der Waals surface area (Å²) < 4.78 is 11.0. The van der Waals surface area contributed by atoms with Gasteiger partial charge in [0, 0.05) is 0 Å². The van der Waals surface area contributed by atoms with E-state index in [0.717, 1.165) is 38.5 Å². The fourth-order valence-electron chi connectivity index (χ4n) is 5.92.